The minimum Gasteiger partial charge on any atom is -0.364 e. The number of aromatic nitrogens is 2. The van der Waals surface area contributed by atoms with E-state index in [4.69, 9.17) is 4.98 Å². The van der Waals surface area contributed by atoms with Crippen molar-refractivity contribution in [2.75, 3.05) is 11.4 Å². The van der Waals surface area contributed by atoms with E-state index in [0.29, 0.717) is 6.04 Å². The molecule has 0 bridgehead atoms. The lowest BCUT2D eigenvalue weighted by Crippen LogP contribution is -2.35. The van der Waals surface area contributed by atoms with Gasteiger partial charge in [0.05, 0.1) is 5.69 Å². The molecule has 1 aliphatic carbocycles. The predicted molar refractivity (Wildman–Crippen MR) is 96.4 cm³/mol. The maximum absolute atomic E-state index is 4.90. The quantitative estimate of drug-likeness (QED) is 0.810. The first-order valence-electron chi connectivity index (χ1n) is 8.75. The molecule has 2 aromatic heterocycles. The first-order chi connectivity index (χ1) is 11.1. The van der Waals surface area contributed by atoms with Gasteiger partial charge < -0.3 is 9.47 Å². The minimum absolute atomic E-state index is 0.695. The number of fused-ring (bicyclic) bond motifs is 1. The second-order valence-corrected chi connectivity index (χ2v) is 6.94. The van der Waals surface area contributed by atoms with Crippen molar-refractivity contribution in [3.63, 3.8) is 0 Å². The van der Waals surface area contributed by atoms with Crippen molar-refractivity contribution >= 4 is 11.8 Å². The van der Waals surface area contributed by atoms with Crippen molar-refractivity contribution in [1.29, 1.82) is 0 Å². The average Bonchev–Trinajstić information content (AvgIpc) is 3.17. The summed E-state index contributed by atoms with van der Waals surface area (Å²) in [4.78, 5) is 7.50. The first kappa shape index (κ1) is 14.6. The highest BCUT2D eigenvalue weighted by molar-refractivity contribution is 5.74. The molecule has 3 nitrogen and oxygen atoms in total. The third kappa shape index (κ3) is 2.39. The number of rotatable bonds is 2. The van der Waals surface area contributed by atoms with Gasteiger partial charge in [-0.15, -0.1) is 0 Å². The van der Waals surface area contributed by atoms with Gasteiger partial charge >= 0.3 is 0 Å². The van der Waals surface area contributed by atoms with Crippen molar-refractivity contribution in [3.05, 3.63) is 46.9 Å². The third-order valence-electron chi connectivity index (χ3n) is 5.38. The van der Waals surface area contributed by atoms with Gasteiger partial charge in [-0.05, 0) is 45.7 Å². The van der Waals surface area contributed by atoms with E-state index in [1.54, 1.807) is 0 Å². The predicted octanol–water partition coefficient (Wildman–Crippen LogP) is 4.57. The van der Waals surface area contributed by atoms with Gasteiger partial charge in [0.15, 0.2) is 0 Å². The van der Waals surface area contributed by atoms with Gasteiger partial charge in [-0.3, -0.25) is 0 Å². The van der Waals surface area contributed by atoms with Crippen molar-refractivity contribution in [2.24, 2.45) is 0 Å². The molecule has 0 aromatic carbocycles. The highest BCUT2D eigenvalue weighted by Crippen LogP contribution is 2.35. The van der Waals surface area contributed by atoms with E-state index in [2.05, 4.69) is 60.6 Å². The molecule has 4 rings (SSSR count). The molecular formula is C20H25N3. The van der Waals surface area contributed by atoms with Crippen molar-refractivity contribution in [3.8, 4) is 5.82 Å². The van der Waals surface area contributed by atoms with Crippen LogP contribution in [0.4, 0.5) is 5.69 Å². The lowest BCUT2D eigenvalue weighted by molar-refractivity contribution is 0.629. The van der Waals surface area contributed by atoms with E-state index in [9.17, 15) is 0 Å². The van der Waals surface area contributed by atoms with Crippen LogP contribution in [0, 0.1) is 20.8 Å². The van der Waals surface area contributed by atoms with Crippen LogP contribution in [0.2, 0.25) is 0 Å². The minimum atomic E-state index is 0.695. The van der Waals surface area contributed by atoms with Gasteiger partial charge in [0.1, 0.15) is 5.82 Å². The SMILES string of the molecule is Cc1nc(-n2c(C)ccc2C)cc2c1C=CCN2C1CCCC1. The fraction of sp³-hybridized carbons (Fsp3) is 0.450. The summed E-state index contributed by atoms with van der Waals surface area (Å²) in [5.74, 6) is 1.06. The molecule has 1 fully saturated rings. The van der Waals surface area contributed by atoms with Gasteiger partial charge in [-0.1, -0.05) is 25.0 Å². The molecule has 0 atom stereocenters. The van der Waals surface area contributed by atoms with Crippen LogP contribution in [0.5, 0.6) is 0 Å². The standard InChI is InChI=1S/C20H25N3/c1-14-10-11-15(2)23(14)20-13-19-18(16(3)21-20)9-6-12-22(19)17-7-4-5-8-17/h6,9-11,13,17H,4-5,7-8,12H2,1-3H3. The molecule has 0 amide bonds. The van der Waals surface area contributed by atoms with E-state index in [-0.39, 0.29) is 0 Å². The first-order valence-corrected chi connectivity index (χ1v) is 8.75. The molecule has 0 spiro atoms. The van der Waals surface area contributed by atoms with Gasteiger partial charge in [-0.2, -0.15) is 0 Å². The van der Waals surface area contributed by atoms with Crippen LogP contribution in [0.15, 0.2) is 24.3 Å². The number of pyridine rings is 1. The third-order valence-corrected chi connectivity index (χ3v) is 5.38. The Morgan fingerprint density at radius 2 is 1.74 bits per heavy atom. The van der Waals surface area contributed by atoms with Crippen LogP contribution >= 0.6 is 0 Å². The number of hydrogen-bond acceptors (Lipinski definition) is 2. The molecular weight excluding hydrogens is 282 g/mol. The molecule has 2 aromatic rings. The molecule has 0 saturated heterocycles. The maximum atomic E-state index is 4.90. The zero-order valence-electron chi connectivity index (χ0n) is 14.3. The number of nitrogens with zero attached hydrogens (tertiary/aromatic N) is 3. The van der Waals surface area contributed by atoms with Crippen LogP contribution in [0.3, 0.4) is 0 Å². The average molecular weight is 307 g/mol. The Labute approximate surface area is 138 Å². The highest BCUT2D eigenvalue weighted by atomic mass is 15.2. The lowest BCUT2D eigenvalue weighted by atomic mass is 10.0. The fourth-order valence-electron chi connectivity index (χ4n) is 4.18. The zero-order valence-corrected chi connectivity index (χ0v) is 14.3. The van der Waals surface area contributed by atoms with Crippen LogP contribution in [0.25, 0.3) is 11.9 Å². The van der Waals surface area contributed by atoms with Gasteiger partial charge in [-0.25, -0.2) is 4.98 Å². The molecule has 120 valence electrons. The summed E-state index contributed by atoms with van der Waals surface area (Å²) in [6, 6.07) is 7.32. The molecule has 0 N–H and O–H groups in total. The van der Waals surface area contributed by atoms with Crippen LogP contribution in [-0.4, -0.2) is 22.1 Å². The summed E-state index contributed by atoms with van der Waals surface area (Å²) in [7, 11) is 0. The molecule has 0 unspecified atom stereocenters. The summed E-state index contributed by atoms with van der Waals surface area (Å²) in [6.07, 6.45) is 9.93. The van der Waals surface area contributed by atoms with Crippen molar-refractivity contribution in [2.45, 2.75) is 52.5 Å². The molecule has 23 heavy (non-hydrogen) atoms. The van der Waals surface area contributed by atoms with Crippen molar-refractivity contribution < 1.29 is 0 Å². The summed E-state index contributed by atoms with van der Waals surface area (Å²) in [5.41, 5.74) is 6.29. The maximum Gasteiger partial charge on any atom is 0.139 e. The normalized spacial score (nSPS) is 17.8. The Balaban J connectivity index is 1.84. The number of hydrogen-bond donors (Lipinski definition) is 0. The summed E-state index contributed by atoms with van der Waals surface area (Å²) >= 11 is 0. The van der Waals surface area contributed by atoms with E-state index >= 15 is 0 Å². The van der Waals surface area contributed by atoms with E-state index in [0.717, 1.165) is 18.1 Å². The van der Waals surface area contributed by atoms with Crippen molar-refractivity contribution in [1.82, 2.24) is 9.55 Å². The van der Waals surface area contributed by atoms with Gasteiger partial charge in [0, 0.05) is 41.3 Å². The molecule has 1 saturated carbocycles. The highest BCUT2D eigenvalue weighted by Gasteiger charge is 2.26. The molecule has 0 radical (unpaired) electrons. The van der Waals surface area contributed by atoms with E-state index in [1.807, 2.05) is 0 Å². The molecule has 1 aliphatic heterocycles. The molecule has 3 heteroatoms. The van der Waals surface area contributed by atoms with Gasteiger partial charge in [0.25, 0.3) is 0 Å². The number of anilines is 1. The van der Waals surface area contributed by atoms with Crippen LogP contribution in [0.1, 0.15) is 48.3 Å². The summed E-state index contributed by atoms with van der Waals surface area (Å²) < 4.78 is 2.26. The lowest BCUT2D eigenvalue weighted by Gasteiger charge is -2.34. The zero-order chi connectivity index (χ0) is 16.0. The van der Waals surface area contributed by atoms with Crippen LogP contribution < -0.4 is 4.90 Å². The number of aryl methyl sites for hydroxylation is 3. The molecule has 2 aliphatic rings. The van der Waals surface area contributed by atoms with E-state index in [1.165, 1.54) is 48.3 Å². The Hall–Kier alpha value is -2.03. The Bertz CT molecular complexity index is 744. The summed E-state index contributed by atoms with van der Waals surface area (Å²) in [6.45, 7) is 7.47. The Morgan fingerprint density at radius 3 is 2.43 bits per heavy atom. The second-order valence-electron chi connectivity index (χ2n) is 6.94. The molecule has 3 heterocycles. The topological polar surface area (TPSA) is 21.1 Å². The Morgan fingerprint density at radius 1 is 1.04 bits per heavy atom. The van der Waals surface area contributed by atoms with Gasteiger partial charge in [0.2, 0.25) is 0 Å². The Kier molecular flexibility index (Phi) is 3.51. The monoisotopic (exact) mass is 307 g/mol. The smallest absolute Gasteiger partial charge is 0.139 e. The second kappa shape index (κ2) is 5.55. The fourth-order valence-corrected chi connectivity index (χ4v) is 4.18. The van der Waals surface area contributed by atoms with E-state index < -0.39 is 0 Å². The largest absolute Gasteiger partial charge is 0.364 e. The van der Waals surface area contributed by atoms with Crippen LogP contribution in [-0.2, 0) is 0 Å². The summed E-state index contributed by atoms with van der Waals surface area (Å²) in [5, 5.41) is 0.